The molecule has 0 aliphatic carbocycles. The van der Waals surface area contributed by atoms with Gasteiger partial charge in [0, 0.05) is 13.5 Å². The first-order valence-corrected chi connectivity index (χ1v) is 5.29. The number of hydrogen-bond acceptors (Lipinski definition) is 4. The SMILES string of the molecule is COCCN1C(=O)[C@@H](CCC(=O)O)NC1=S. The Morgan fingerprint density at radius 2 is 2.38 bits per heavy atom. The third-order valence-corrected chi connectivity index (χ3v) is 2.61. The number of carbonyl (C=O) groups is 2. The molecule has 2 N–H and O–H groups in total. The summed E-state index contributed by atoms with van der Waals surface area (Å²) in [6.07, 6.45) is 0.196. The number of nitrogens with one attached hydrogen (secondary N) is 1. The summed E-state index contributed by atoms with van der Waals surface area (Å²) in [5.41, 5.74) is 0. The van der Waals surface area contributed by atoms with Crippen molar-refractivity contribution in [1.82, 2.24) is 10.2 Å². The lowest BCUT2D eigenvalue weighted by atomic mass is 10.1. The van der Waals surface area contributed by atoms with Gasteiger partial charge in [0.05, 0.1) is 13.2 Å². The van der Waals surface area contributed by atoms with Crippen molar-refractivity contribution < 1.29 is 19.4 Å². The Balaban J connectivity index is 2.49. The second-order valence-electron chi connectivity index (χ2n) is 3.42. The maximum atomic E-state index is 11.8. The predicted octanol–water partition coefficient (Wildman–Crippen LogP) is -0.417. The van der Waals surface area contributed by atoms with Crippen LogP contribution in [0.15, 0.2) is 0 Å². The van der Waals surface area contributed by atoms with Crippen molar-refractivity contribution in [3.05, 3.63) is 0 Å². The fourth-order valence-electron chi connectivity index (χ4n) is 1.43. The van der Waals surface area contributed by atoms with Gasteiger partial charge in [-0.2, -0.15) is 0 Å². The zero-order chi connectivity index (χ0) is 12.1. The Kier molecular flexibility index (Phi) is 4.63. The van der Waals surface area contributed by atoms with Crippen LogP contribution >= 0.6 is 12.2 Å². The number of carbonyl (C=O) groups excluding carboxylic acids is 1. The van der Waals surface area contributed by atoms with Gasteiger partial charge in [-0.1, -0.05) is 0 Å². The molecule has 90 valence electrons. The maximum Gasteiger partial charge on any atom is 0.303 e. The highest BCUT2D eigenvalue weighted by Crippen LogP contribution is 2.11. The van der Waals surface area contributed by atoms with Gasteiger partial charge in [-0.15, -0.1) is 0 Å². The summed E-state index contributed by atoms with van der Waals surface area (Å²) in [5.74, 6) is -1.10. The topological polar surface area (TPSA) is 78.9 Å². The minimum absolute atomic E-state index is 0.0515. The van der Waals surface area contributed by atoms with Crippen LogP contribution in [0.5, 0.6) is 0 Å². The van der Waals surface area contributed by atoms with Crippen LogP contribution in [0.1, 0.15) is 12.8 Å². The van der Waals surface area contributed by atoms with Crippen LogP contribution < -0.4 is 5.32 Å². The van der Waals surface area contributed by atoms with Crippen LogP contribution in [0.2, 0.25) is 0 Å². The Bertz CT molecular complexity index is 308. The van der Waals surface area contributed by atoms with Gasteiger partial charge in [0.25, 0.3) is 5.91 Å². The molecule has 0 saturated carbocycles. The largest absolute Gasteiger partial charge is 0.481 e. The van der Waals surface area contributed by atoms with Gasteiger partial charge in [-0.3, -0.25) is 14.5 Å². The fraction of sp³-hybridized carbons (Fsp3) is 0.667. The minimum Gasteiger partial charge on any atom is -0.481 e. The smallest absolute Gasteiger partial charge is 0.303 e. The van der Waals surface area contributed by atoms with Gasteiger partial charge in [0.2, 0.25) is 0 Å². The second-order valence-corrected chi connectivity index (χ2v) is 3.80. The van der Waals surface area contributed by atoms with E-state index in [0.717, 1.165) is 0 Å². The van der Waals surface area contributed by atoms with Gasteiger partial charge in [-0.25, -0.2) is 0 Å². The third kappa shape index (κ3) is 3.14. The van der Waals surface area contributed by atoms with Crippen molar-refractivity contribution in [2.24, 2.45) is 0 Å². The minimum atomic E-state index is -0.921. The lowest BCUT2D eigenvalue weighted by molar-refractivity contribution is -0.137. The molecule has 0 aromatic heterocycles. The van der Waals surface area contributed by atoms with E-state index in [-0.39, 0.29) is 18.7 Å². The summed E-state index contributed by atoms with van der Waals surface area (Å²) in [6, 6.07) is -0.513. The lowest BCUT2D eigenvalue weighted by Crippen LogP contribution is -2.34. The van der Waals surface area contributed by atoms with E-state index in [0.29, 0.717) is 18.3 Å². The summed E-state index contributed by atoms with van der Waals surface area (Å²) in [4.78, 5) is 23.6. The number of ether oxygens (including phenoxy) is 1. The molecule has 6 nitrogen and oxygen atoms in total. The summed E-state index contributed by atoms with van der Waals surface area (Å²) in [5, 5.41) is 11.7. The van der Waals surface area contributed by atoms with Crippen molar-refractivity contribution in [2.75, 3.05) is 20.3 Å². The molecule has 7 heteroatoms. The maximum absolute atomic E-state index is 11.8. The van der Waals surface area contributed by atoms with Gasteiger partial charge in [0.1, 0.15) is 6.04 Å². The Morgan fingerprint density at radius 3 is 2.94 bits per heavy atom. The van der Waals surface area contributed by atoms with Crippen molar-refractivity contribution in [2.45, 2.75) is 18.9 Å². The molecule has 1 atom stereocenters. The van der Waals surface area contributed by atoms with Crippen molar-refractivity contribution >= 4 is 29.2 Å². The van der Waals surface area contributed by atoms with E-state index < -0.39 is 12.0 Å². The molecule has 1 aliphatic rings. The molecule has 1 aliphatic heterocycles. The molecular weight excluding hydrogens is 232 g/mol. The quantitative estimate of drug-likeness (QED) is 0.620. The molecule has 1 fully saturated rings. The van der Waals surface area contributed by atoms with Gasteiger partial charge in [-0.05, 0) is 18.6 Å². The fourth-order valence-corrected chi connectivity index (χ4v) is 1.76. The van der Waals surface area contributed by atoms with E-state index in [1.807, 2.05) is 0 Å². The number of carboxylic acids is 1. The number of methoxy groups -OCH3 is 1. The summed E-state index contributed by atoms with van der Waals surface area (Å²) >= 11 is 4.98. The highest BCUT2D eigenvalue weighted by Gasteiger charge is 2.34. The molecule has 0 radical (unpaired) electrons. The second kappa shape index (κ2) is 5.76. The highest BCUT2D eigenvalue weighted by atomic mass is 32.1. The molecule has 0 bridgehead atoms. The summed E-state index contributed by atoms with van der Waals surface area (Å²) < 4.78 is 4.86. The van der Waals surface area contributed by atoms with Crippen molar-refractivity contribution in [1.29, 1.82) is 0 Å². The average Bonchev–Trinajstić information content (AvgIpc) is 2.49. The number of carboxylic acid groups (broad SMARTS) is 1. The number of amides is 1. The number of rotatable bonds is 6. The van der Waals surface area contributed by atoms with Gasteiger partial charge >= 0.3 is 5.97 Å². The van der Waals surface area contributed by atoms with Crippen LogP contribution in [0.25, 0.3) is 0 Å². The highest BCUT2D eigenvalue weighted by molar-refractivity contribution is 7.80. The first-order chi connectivity index (χ1) is 7.56. The van der Waals surface area contributed by atoms with E-state index in [1.54, 1.807) is 7.11 Å². The molecule has 1 saturated heterocycles. The van der Waals surface area contributed by atoms with Gasteiger partial charge in [0.15, 0.2) is 5.11 Å². The number of hydrogen-bond donors (Lipinski definition) is 2. The zero-order valence-electron chi connectivity index (χ0n) is 8.93. The first kappa shape index (κ1) is 12.9. The number of thiocarbonyl (C=S) groups is 1. The molecule has 1 amide bonds. The van der Waals surface area contributed by atoms with Crippen molar-refractivity contribution in [3.8, 4) is 0 Å². The molecule has 16 heavy (non-hydrogen) atoms. The first-order valence-electron chi connectivity index (χ1n) is 4.89. The predicted molar refractivity (Wildman–Crippen MR) is 60.0 cm³/mol. The Labute approximate surface area is 98.6 Å². The molecule has 0 spiro atoms. The summed E-state index contributed by atoms with van der Waals surface area (Å²) in [7, 11) is 1.54. The van der Waals surface area contributed by atoms with Crippen LogP contribution in [-0.2, 0) is 14.3 Å². The van der Waals surface area contributed by atoms with E-state index in [9.17, 15) is 9.59 Å². The molecule has 1 heterocycles. The van der Waals surface area contributed by atoms with Crippen LogP contribution in [0.4, 0.5) is 0 Å². The standard InChI is InChI=1S/C9H14N2O4S/c1-15-5-4-11-8(14)6(10-9(11)16)2-3-7(12)13/h6H,2-5H2,1H3,(H,10,16)(H,12,13)/t6-/m1/s1. The Morgan fingerprint density at radius 1 is 1.69 bits per heavy atom. The normalized spacial score (nSPS) is 20.1. The third-order valence-electron chi connectivity index (χ3n) is 2.27. The lowest BCUT2D eigenvalue weighted by Gasteiger charge is -2.13. The molecule has 0 unspecified atom stereocenters. The monoisotopic (exact) mass is 246 g/mol. The number of nitrogens with zero attached hydrogens (tertiary/aromatic N) is 1. The van der Waals surface area contributed by atoms with Crippen molar-refractivity contribution in [3.63, 3.8) is 0 Å². The van der Waals surface area contributed by atoms with Gasteiger partial charge < -0.3 is 15.2 Å². The molecular formula is C9H14N2O4S. The van der Waals surface area contributed by atoms with E-state index in [2.05, 4.69) is 5.32 Å². The van der Waals surface area contributed by atoms with E-state index >= 15 is 0 Å². The van der Waals surface area contributed by atoms with Crippen LogP contribution in [-0.4, -0.2) is 53.3 Å². The molecule has 1 rings (SSSR count). The zero-order valence-corrected chi connectivity index (χ0v) is 9.75. The number of aliphatic carboxylic acids is 1. The molecule has 0 aromatic rings. The Hall–Kier alpha value is -1.21. The molecule has 0 aromatic carbocycles. The van der Waals surface area contributed by atoms with Crippen LogP contribution in [0, 0.1) is 0 Å². The van der Waals surface area contributed by atoms with Crippen LogP contribution in [0.3, 0.4) is 0 Å². The summed E-state index contributed by atoms with van der Waals surface area (Å²) in [6.45, 7) is 0.796. The average molecular weight is 246 g/mol. The van der Waals surface area contributed by atoms with E-state index in [4.69, 9.17) is 22.1 Å². The van der Waals surface area contributed by atoms with E-state index in [1.165, 1.54) is 4.90 Å².